The number of halogens is 1. The van der Waals surface area contributed by atoms with Crippen LogP contribution in [0.3, 0.4) is 0 Å². The Morgan fingerprint density at radius 1 is 1.62 bits per heavy atom. The monoisotopic (exact) mass is 242 g/mol. The average molecular weight is 243 g/mol. The molecule has 2 rings (SSSR count). The van der Waals surface area contributed by atoms with Crippen LogP contribution in [0.15, 0.2) is 4.60 Å². The fourth-order valence-electron chi connectivity index (χ4n) is 2.02. The van der Waals surface area contributed by atoms with Crippen LogP contribution in [0, 0.1) is 5.92 Å². The van der Waals surface area contributed by atoms with Gasteiger partial charge in [-0.25, -0.2) is 4.98 Å². The van der Waals surface area contributed by atoms with E-state index in [4.69, 9.17) is 0 Å². The minimum absolute atomic E-state index is 0.805. The molecule has 1 aromatic rings. The Kier molecular flexibility index (Phi) is 2.45. The third kappa shape index (κ3) is 1.54. The summed E-state index contributed by atoms with van der Waals surface area (Å²) in [4.78, 5) is 4.52. The summed E-state index contributed by atoms with van der Waals surface area (Å²) in [6, 6.07) is 0. The molecule has 0 saturated carbocycles. The van der Waals surface area contributed by atoms with Gasteiger partial charge >= 0.3 is 0 Å². The summed E-state index contributed by atoms with van der Waals surface area (Å²) in [5.41, 5.74) is 1.40. The van der Waals surface area contributed by atoms with Crippen molar-refractivity contribution in [3.63, 3.8) is 0 Å². The molecule has 0 radical (unpaired) electrons. The summed E-state index contributed by atoms with van der Waals surface area (Å²) in [7, 11) is 0. The Labute approximate surface area is 87.5 Å². The van der Waals surface area contributed by atoms with Crippen molar-refractivity contribution in [1.29, 1.82) is 0 Å². The molecule has 3 heteroatoms. The second kappa shape index (κ2) is 3.45. The molecule has 0 aromatic carbocycles. The van der Waals surface area contributed by atoms with E-state index in [9.17, 15) is 0 Å². The Bertz CT molecular complexity index is 317. The van der Waals surface area contributed by atoms with Crippen LogP contribution in [0.25, 0.3) is 0 Å². The predicted octanol–water partition coefficient (Wildman–Crippen LogP) is 2.79. The predicted molar refractivity (Wildman–Crippen MR) is 56.8 cm³/mol. The zero-order chi connectivity index (χ0) is 9.42. The summed E-state index contributed by atoms with van der Waals surface area (Å²) >= 11 is 3.53. The molecule has 0 bridgehead atoms. The molecule has 1 atom stereocenters. The van der Waals surface area contributed by atoms with Gasteiger partial charge in [-0.05, 0) is 34.7 Å². The highest BCUT2D eigenvalue weighted by atomic mass is 79.9. The fourth-order valence-corrected chi connectivity index (χ4v) is 2.63. The zero-order valence-electron chi connectivity index (χ0n) is 8.18. The van der Waals surface area contributed by atoms with Crippen molar-refractivity contribution in [2.24, 2.45) is 5.92 Å². The van der Waals surface area contributed by atoms with Gasteiger partial charge < -0.3 is 4.57 Å². The standard InChI is InChI=1S/C10H15BrN2/c1-3-9-12-10(11)8-5-4-7(2)6-13(8)9/h7H,3-6H2,1-2H3. The maximum atomic E-state index is 4.52. The molecule has 1 unspecified atom stereocenters. The van der Waals surface area contributed by atoms with Crippen molar-refractivity contribution in [2.45, 2.75) is 39.7 Å². The van der Waals surface area contributed by atoms with Crippen LogP contribution in [0.5, 0.6) is 0 Å². The van der Waals surface area contributed by atoms with Crippen molar-refractivity contribution in [1.82, 2.24) is 9.55 Å². The first-order chi connectivity index (χ1) is 6.22. The molecule has 1 aliphatic rings. The lowest BCUT2D eigenvalue weighted by atomic mass is 10.0. The summed E-state index contributed by atoms with van der Waals surface area (Å²) in [6.07, 6.45) is 3.51. The van der Waals surface area contributed by atoms with Crippen molar-refractivity contribution < 1.29 is 0 Å². The Morgan fingerprint density at radius 2 is 2.38 bits per heavy atom. The van der Waals surface area contributed by atoms with Gasteiger partial charge in [-0.1, -0.05) is 13.8 Å². The first kappa shape index (κ1) is 9.25. The number of rotatable bonds is 1. The summed E-state index contributed by atoms with van der Waals surface area (Å²) < 4.78 is 3.45. The largest absolute Gasteiger partial charge is 0.331 e. The van der Waals surface area contributed by atoms with E-state index < -0.39 is 0 Å². The molecule has 0 saturated heterocycles. The highest BCUT2D eigenvalue weighted by molar-refractivity contribution is 9.10. The van der Waals surface area contributed by atoms with E-state index in [1.54, 1.807) is 0 Å². The number of hydrogen-bond donors (Lipinski definition) is 0. The van der Waals surface area contributed by atoms with Crippen molar-refractivity contribution in [3.8, 4) is 0 Å². The Hall–Kier alpha value is -0.310. The molecule has 0 aliphatic carbocycles. The van der Waals surface area contributed by atoms with Gasteiger partial charge in [0.05, 0.1) is 5.69 Å². The van der Waals surface area contributed by atoms with Gasteiger partial charge in [-0.3, -0.25) is 0 Å². The van der Waals surface area contributed by atoms with E-state index in [1.165, 1.54) is 24.4 Å². The van der Waals surface area contributed by atoms with Crippen LogP contribution in [0.2, 0.25) is 0 Å². The van der Waals surface area contributed by atoms with E-state index in [0.717, 1.165) is 23.5 Å². The Morgan fingerprint density at radius 3 is 3.08 bits per heavy atom. The third-order valence-corrected chi connectivity index (χ3v) is 3.42. The van der Waals surface area contributed by atoms with Gasteiger partial charge in [0.15, 0.2) is 0 Å². The van der Waals surface area contributed by atoms with Gasteiger partial charge in [0.25, 0.3) is 0 Å². The van der Waals surface area contributed by atoms with Crippen LogP contribution >= 0.6 is 15.9 Å². The first-order valence-corrected chi connectivity index (χ1v) is 5.75. The number of fused-ring (bicyclic) bond motifs is 1. The van der Waals surface area contributed by atoms with Crippen LogP contribution in [-0.2, 0) is 19.4 Å². The van der Waals surface area contributed by atoms with E-state index in [1.807, 2.05) is 0 Å². The van der Waals surface area contributed by atoms with Gasteiger partial charge in [0.2, 0.25) is 0 Å². The van der Waals surface area contributed by atoms with E-state index in [0.29, 0.717) is 0 Å². The number of imidazole rings is 1. The van der Waals surface area contributed by atoms with Gasteiger partial charge in [-0.2, -0.15) is 0 Å². The number of aromatic nitrogens is 2. The first-order valence-electron chi connectivity index (χ1n) is 4.96. The van der Waals surface area contributed by atoms with Gasteiger partial charge in [0.1, 0.15) is 10.4 Å². The number of hydrogen-bond acceptors (Lipinski definition) is 1. The topological polar surface area (TPSA) is 17.8 Å². The van der Waals surface area contributed by atoms with Crippen molar-refractivity contribution in [2.75, 3.05) is 0 Å². The third-order valence-electron chi connectivity index (χ3n) is 2.79. The Balaban J connectivity index is 2.43. The molecule has 2 nitrogen and oxygen atoms in total. The highest BCUT2D eigenvalue weighted by Gasteiger charge is 2.20. The highest BCUT2D eigenvalue weighted by Crippen LogP contribution is 2.27. The van der Waals surface area contributed by atoms with E-state index in [-0.39, 0.29) is 0 Å². The SMILES string of the molecule is CCc1nc(Br)c2n1CC(C)CC2. The minimum atomic E-state index is 0.805. The molecule has 0 spiro atoms. The molecule has 0 fully saturated rings. The molecule has 1 aromatic heterocycles. The second-order valence-corrected chi connectivity index (χ2v) is 4.62. The van der Waals surface area contributed by atoms with Crippen LogP contribution in [0.1, 0.15) is 31.8 Å². The second-order valence-electron chi connectivity index (χ2n) is 3.87. The molecule has 2 heterocycles. The molecule has 13 heavy (non-hydrogen) atoms. The van der Waals surface area contributed by atoms with Crippen molar-refractivity contribution in [3.05, 3.63) is 16.1 Å². The smallest absolute Gasteiger partial charge is 0.127 e. The quantitative estimate of drug-likeness (QED) is 0.741. The normalized spacial score (nSPS) is 21.6. The lowest BCUT2D eigenvalue weighted by molar-refractivity contribution is 0.391. The molecule has 0 N–H and O–H groups in total. The zero-order valence-corrected chi connectivity index (χ0v) is 9.76. The number of aryl methyl sites for hydroxylation is 1. The van der Waals surface area contributed by atoms with E-state index in [2.05, 4.69) is 39.3 Å². The summed E-state index contributed by atoms with van der Waals surface area (Å²) in [6.45, 7) is 5.63. The van der Waals surface area contributed by atoms with Crippen LogP contribution < -0.4 is 0 Å². The lowest BCUT2D eigenvalue weighted by Crippen LogP contribution is -2.19. The van der Waals surface area contributed by atoms with Crippen LogP contribution in [0.4, 0.5) is 0 Å². The number of nitrogens with zero attached hydrogens (tertiary/aromatic N) is 2. The molecule has 72 valence electrons. The van der Waals surface area contributed by atoms with Crippen LogP contribution in [-0.4, -0.2) is 9.55 Å². The van der Waals surface area contributed by atoms with E-state index >= 15 is 0 Å². The maximum Gasteiger partial charge on any atom is 0.127 e. The summed E-state index contributed by atoms with van der Waals surface area (Å²) in [5.74, 6) is 2.03. The van der Waals surface area contributed by atoms with Crippen molar-refractivity contribution >= 4 is 15.9 Å². The van der Waals surface area contributed by atoms with Gasteiger partial charge in [-0.15, -0.1) is 0 Å². The molecular weight excluding hydrogens is 228 g/mol. The summed E-state index contributed by atoms with van der Waals surface area (Å²) in [5, 5.41) is 0. The van der Waals surface area contributed by atoms with Gasteiger partial charge in [0, 0.05) is 13.0 Å². The minimum Gasteiger partial charge on any atom is -0.331 e. The maximum absolute atomic E-state index is 4.52. The average Bonchev–Trinajstić information content (AvgIpc) is 2.42. The fraction of sp³-hybridized carbons (Fsp3) is 0.700. The molecular formula is C10H15BrN2. The molecule has 1 aliphatic heterocycles. The molecule has 0 amide bonds. The lowest BCUT2D eigenvalue weighted by Gasteiger charge is -2.22.